The molecule has 9 heavy (non-hydrogen) atoms. The van der Waals surface area contributed by atoms with Crippen LogP contribution in [-0.2, 0) is 0 Å². The van der Waals surface area contributed by atoms with Gasteiger partial charge in [0.05, 0.1) is 0 Å². The molecule has 1 saturated carbocycles. The minimum atomic E-state index is 0.387. The largest absolute Gasteiger partial charge is 0.396 e. The minimum absolute atomic E-state index is 0.387. The quantitative estimate of drug-likeness (QED) is 0.587. The molecule has 54 valence electrons. The lowest BCUT2D eigenvalue weighted by molar-refractivity contribution is 0.260. The average Bonchev–Trinajstić information content (AvgIpc) is 2.45. The molecule has 0 heterocycles. The Labute approximate surface area is 56.5 Å². The van der Waals surface area contributed by atoms with E-state index in [9.17, 15) is 0 Å². The maximum absolute atomic E-state index is 8.67. The second-order valence-electron chi connectivity index (χ2n) is 3.20. The van der Waals surface area contributed by atoms with E-state index in [1.165, 1.54) is 6.42 Å². The van der Waals surface area contributed by atoms with Crippen molar-refractivity contribution in [2.75, 3.05) is 27.2 Å². The number of hydrogen-bond donors (Lipinski definition) is 1. The lowest BCUT2D eigenvalue weighted by Crippen LogP contribution is -2.15. The predicted octanol–water partition coefficient (Wildman–Crippen LogP) is 0.176. The molecule has 0 unspecified atom stereocenters. The molecule has 0 bridgehead atoms. The van der Waals surface area contributed by atoms with Crippen LogP contribution < -0.4 is 0 Å². The Balaban J connectivity index is 2.05. The van der Waals surface area contributed by atoms with E-state index in [1.807, 2.05) is 0 Å². The van der Waals surface area contributed by atoms with E-state index in [0.717, 1.165) is 12.5 Å². The number of rotatable bonds is 3. The van der Waals surface area contributed by atoms with Crippen molar-refractivity contribution in [2.45, 2.75) is 6.42 Å². The molecule has 0 aliphatic heterocycles. The Kier molecular flexibility index (Phi) is 2.09. The monoisotopic (exact) mass is 129 g/mol. The summed E-state index contributed by atoms with van der Waals surface area (Å²) < 4.78 is 0. The summed E-state index contributed by atoms with van der Waals surface area (Å²) in [6.45, 7) is 1.53. The van der Waals surface area contributed by atoms with Crippen LogP contribution in [0.3, 0.4) is 0 Å². The summed E-state index contributed by atoms with van der Waals surface area (Å²) in [5.41, 5.74) is 0. The number of hydrogen-bond acceptors (Lipinski definition) is 2. The van der Waals surface area contributed by atoms with Gasteiger partial charge in [-0.2, -0.15) is 0 Å². The summed E-state index contributed by atoms with van der Waals surface area (Å²) in [5, 5.41) is 8.67. The standard InChI is InChI=1S/C7H15NO/c1-8(2)4-6-3-7(6)5-9/h6-7,9H,3-5H2,1-2H3/t6-,7-/m1/s1. The normalized spacial score (nSPS) is 33.3. The van der Waals surface area contributed by atoms with E-state index < -0.39 is 0 Å². The maximum Gasteiger partial charge on any atom is 0.0462 e. The summed E-state index contributed by atoms with van der Waals surface area (Å²) in [6, 6.07) is 0. The molecule has 1 aliphatic carbocycles. The van der Waals surface area contributed by atoms with Crippen molar-refractivity contribution in [1.29, 1.82) is 0 Å². The number of nitrogens with zero attached hydrogens (tertiary/aromatic N) is 1. The topological polar surface area (TPSA) is 23.5 Å². The molecule has 0 spiro atoms. The van der Waals surface area contributed by atoms with Gasteiger partial charge in [0.2, 0.25) is 0 Å². The van der Waals surface area contributed by atoms with Gasteiger partial charge in [0.15, 0.2) is 0 Å². The summed E-state index contributed by atoms with van der Waals surface area (Å²) in [4.78, 5) is 2.18. The first-order chi connectivity index (χ1) is 4.24. The van der Waals surface area contributed by atoms with Gasteiger partial charge in [-0.05, 0) is 32.4 Å². The summed E-state index contributed by atoms with van der Waals surface area (Å²) >= 11 is 0. The van der Waals surface area contributed by atoms with Crippen molar-refractivity contribution in [2.24, 2.45) is 11.8 Å². The molecule has 2 nitrogen and oxygen atoms in total. The van der Waals surface area contributed by atoms with Crippen LogP contribution in [0.1, 0.15) is 6.42 Å². The molecule has 0 aromatic rings. The van der Waals surface area contributed by atoms with E-state index in [-0.39, 0.29) is 0 Å². The molecule has 1 rings (SSSR count). The lowest BCUT2D eigenvalue weighted by atomic mass is 10.3. The molecular formula is C7H15NO. The third-order valence-electron chi connectivity index (χ3n) is 1.90. The first-order valence-corrected chi connectivity index (χ1v) is 3.49. The van der Waals surface area contributed by atoms with Gasteiger partial charge in [0, 0.05) is 13.2 Å². The van der Waals surface area contributed by atoms with Crippen molar-refractivity contribution < 1.29 is 5.11 Å². The third kappa shape index (κ3) is 1.95. The van der Waals surface area contributed by atoms with E-state index in [0.29, 0.717) is 12.5 Å². The van der Waals surface area contributed by atoms with Gasteiger partial charge in [-0.15, -0.1) is 0 Å². The van der Waals surface area contributed by atoms with Crippen LogP contribution in [0.25, 0.3) is 0 Å². The fourth-order valence-corrected chi connectivity index (χ4v) is 1.23. The Bertz CT molecular complexity index is 92.9. The summed E-state index contributed by atoms with van der Waals surface area (Å²) in [7, 11) is 4.15. The van der Waals surface area contributed by atoms with Gasteiger partial charge in [-0.25, -0.2) is 0 Å². The molecule has 1 fully saturated rings. The minimum Gasteiger partial charge on any atom is -0.396 e. The van der Waals surface area contributed by atoms with Crippen LogP contribution in [0.15, 0.2) is 0 Å². The van der Waals surface area contributed by atoms with Crippen LogP contribution in [0.5, 0.6) is 0 Å². The van der Waals surface area contributed by atoms with Crippen molar-refractivity contribution in [1.82, 2.24) is 4.90 Å². The Morgan fingerprint density at radius 3 is 2.44 bits per heavy atom. The Morgan fingerprint density at radius 2 is 2.11 bits per heavy atom. The lowest BCUT2D eigenvalue weighted by Gasteiger charge is -2.07. The van der Waals surface area contributed by atoms with Crippen LogP contribution in [0.2, 0.25) is 0 Å². The smallest absolute Gasteiger partial charge is 0.0462 e. The van der Waals surface area contributed by atoms with Crippen molar-refractivity contribution >= 4 is 0 Å². The van der Waals surface area contributed by atoms with Gasteiger partial charge in [0.1, 0.15) is 0 Å². The van der Waals surface area contributed by atoms with Crippen molar-refractivity contribution in [3.8, 4) is 0 Å². The number of aliphatic hydroxyl groups excluding tert-OH is 1. The molecule has 2 heteroatoms. The summed E-state index contributed by atoms with van der Waals surface area (Å²) in [6.07, 6.45) is 1.23. The maximum atomic E-state index is 8.67. The van der Waals surface area contributed by atoms with E-state index in [4.69, 9.17) is 5.11 Å². The van der Waals surface area contributed by atoms with Crippen LogP contribution in [0.4, 0.5) is 0 Å². The average molecular weight is 129 g/mol. The molecule has 0 radical (unpaired) electrons. The van der Waals surface area contributed by atoms with Gasteiger partial charge < -0.3 is 10.0 Å². The van der Waals surface area contributed by atoms with E-state index in [2.05, 4.69) is 19.0 Å². The molecule has 0 saturated heterocycles. The van der Waals surface area contributed by atoms with Gasteiger partial charge in [-0.1, -0.05) is 0 Å². The SMILES string of the molecule is CN(C)C[C@H]1C[C@@H]1CO. The Hall–Kier alpha value is -0.0800. The highest BCUT2D eigenvalue weighted by Crippen LogP contribution is 2.37. The zero-order valence-corrected chi connectivity index (χ0v) is 6.17. The molecular weight excluding hydrogens is 114 g/mol. The zero-order chi connectivity index (χ0) is 6.85. The van der Waals surface area contributed by atoms with Crippen LogP contribution in [-0.4, -0.2) is 37.3 Å². The highest BCUT2D eigenvalue weighted by molar-refractivity contribution is 4.86. The summed E-state index contributed by atoms with van der Waals surface area (Å²) in [5.74, 6) is 1.40. The molecule has 2 atom stereocenters. The first kappa shape index (κ1) is 7.03. The van der Waals surface area contributed by atoms with Gasteiger partial charge in [0.25, 0.3) is 0 Å². The predicted molar refractivity (Wildman–Crippen MR) is 37.2 cm³/mol. The zero-order valence-electron chi connectivity index (χ0n) is 6.17. The fourth-order valence-electron chi connectivity index (χ4n) is 1.23. The highest BCUT2D eigenvalue weighted by atomic mass is 16.3. The Morgan fingerprint density at radius 1 is 1.44 bits per heavy atom. The van der Waals surface area contributed by atoms with E-state index >= 15 is 0 Å². The van der Waals surface area contributed by atoms with Gasteiger partial charge >= 0.3 is 0 Å². The fraction of sp³-hybridized carbons (Fsp3) is 1.00. The first-order valence-electron chi connectivity index (χ1n) is 3.49. The van der Waals surface area contributed by atoms with Crippen molar-refractivity contribution in [3.05, 3.63) is 0 Å². The van der Waals surface area contributed by atoms with Crippen molar-refractivity contribution in [3.63, 3.8) is 0 Å². The molecule has 0 amide bonds. The molecule has 1 N–H and O–H groups in total. The number of aliphatic hydroxyl groups is 1. The second-order valence-corrected chi connectivity index (χ2v) is 3.20. The third-order valence-corrected chi connectivity index (χ3v) is 1.90. The van der Waals surface area contributed by atoms with Gasteiger partial charge in [-0.3, -0.25) is 0 Å². The molecule has 0 aromatic carbocycles. The van der Waals surface area contributed by atoms with Crippen LogP contribution in [0, 0.1) is 11.8 Å². The van der Waals surface area contributed by atoms with Crippen LogP contribution >= 0.6 is 0 Å². The molecule has 0 aromatic heterocycles. The molecule has 1 aliphatic rings. The highest BCUT2D eigenvalue weighted by Gasteiger charge is 2.35. The van der Waals surface area contributed by atoms with E-state index in [1.54, 1.807) is 0 Å². The second kappa shape index (κ2) is 2.67.